The van der Waals surface area contributed by atoms with Gasteiger partial charge in [-0.3, -0.25) is 4.98 Å². The molecule has 2 rings (SSSR count). The second-order valence-corrected chi connectivity index (χ2v) is 3.40. The van der Waals surface area contributed by atoms with E-state index in [2.05, 4.69) is 25.3 Å². The number of aryl methyl sites for hydroxylation is 1. The van der Waals surface area contributed by atoms with Crippen molar-refractivity contribution >= 4 is 11.6 Å². The number of hydrogen-bond donors (Lipinski definition) is 3. The predicted molar refractivity (Wildman–Crippen MR) is 61.8 cm³/mol. The number of aromatic nitrogens is 4. The fourth-order valence-corrected chi connectivity index (χ4v) is 1.37. The Labute approximate surface area is 93.3 Å². The van der Waals surface area contributed by atoms with Gasteiger partial charge in [0.1, 0.15) is 17.5 Å². The van der Waals surface area contributed by atoms with Crippen molar-refractivity contribution in [1.82, 2.24) is 19.9 Å². The first-order valence-electron chi connectivity index (χ1n) is 5.14. The second-order valence-electron chi connectivity index (χ2n) is 3.40. The van der Waals surface area contributed by atoms with Gasteiger partial charge in [0, 0.05) is 25.4 Å². The third kappa shape index (κ3) is 2.94. The lowest BCUT2D eigenvalue weighted by Gasteiger charge is -2.04. The number of hydrogen-bond acceptors (Lipinski definition) is 5. The zero-order chi connectivity index (χ0) is 11.2. The highest BCUT2D eigenvalue weighted by atomic mass is 15.0. The molecular formula is C10H14N6. The number of anilines is 2. The number of nitrogens with one attached hydrogen (secondary N) is 2. The Morgan fingerprint density at radius 1 is 1.38 bits per heavy atom. The lowest BCUT2D eigenvalue weighted by Crippen LogP contribution is -2.06. The Hall–Kier alpha value is -2.11. The van der Waals surface area contributed by atoms with Crippen LogP contribution in [0.2, 0.25) is 0 Å². The highest BCUT2D eigenvalue weighted by Crippen LogP contribution is 2.03. The van der Waals surface area contributed by atoms with Gasteiger partial charge in [-0.1, -0.05) is 0 Å². The molecule has 2 aromatic heterocycles. The summed E-state index contributed by atoms with van der Waals surface area (Å²) in [4.78, 5) is 15.2. The van der Waals surface area contributed by atoms with Crippen LogP contribution in [0, 0.1) is 0 Å². The summed E-state index contributed by atoms with van der Waals surface area (Å²) < 4.78 is 0. The van der Waals surface area contributed by atoms with Gasteiger partial charge in [-0.25, -0.2) is 9.97 Å². The average molecular weight is 218 g/mol. The Bertz CT molecular complexity index is 425. The van der Waals surface area contributed by atoms with Crippen LogP contribution >= 0.6 is 0 Å². The van der Waals surface area contributed by atoms with E-state index < -0.39 is 0 Å². The van der Waals surface area contributed by atoms with Gasteiger partial charge >= 0.3 is 0 Å². The van der Waals surface area contributed by atoms with E-state index >= 15 is 0 Å². The molecule has 4 N–H and O–H groups in total. The molecule has 16 heavy (non-hydrogen) atoms. The molecule has 0 bridgehead atoms. The molecule has 0 spiro atoms. The molecule has 84 valence electrons. The van der Waals surface area contributed by atoms with Crippen molar-refractivity contribution in [3.05, 3.63) is 30.6 Å². The summed E-state index contributed by atoms with van der Waals surface area (Å²) in [6.45, 7) is 0.818. The molecule has 0 unspecified atom stereocenters. The Morgan fingerprint density at radius 3 is 3.06 bits per heavy atom. The standard InChI is InChI=1S/C10H14N6/c11-8-6-12-7-10(16-8)13-3-1-2-9-14-4-5-15-9/h4-7H,1-3H2,(H,14,15)(H3,11,13,16). The van der Waals surface area contributed by atoms with Crippen molar-refractivity contribution in [3.8, 4) is 0 Å². The quantitative estimate of drug-likeness (QED) is 0.646. The van der Waals surface area contributed by atoms with Crippen LogP contribution in [0.15, 0.2) is 24.8 Å². The van der Waals surface area contributed by atoms with Crippen LogP contribution in [0.5, 0.6) is 0 Å². The lowest BCUT2D eigenvalue weighted by molar-refractivity contribution is 0.813. The van der Waals surface area contributed by atoms with Crippen molar-refractivity contribution in [2.75, 3.05) is 17.6 Å². The van der Waals surface area contributed by atoms with Gasteiger partial charge in [0.15, 0.2) is 0 Å². The third-order valence-electron chi connectivity index (χ3n) is 2.10. The van der Waals surface area contributed by atoms with Gasteiger partial charge < -0.3 is 16.0 Å². The van der Waals surface area contributed by atoms with Gasteiger partial charge in [-0.05, 0) is 6.42 Å². The van der Waals surface area contributed by atoms with Crippen LogP contribution in [0.1, 0.15) is 12.2 Å². The van der Waals surface area contributed by atoms with Crippen molar-refractivity contribution in [1.29, 1.82) is 0 Å². The zero-order valence-corrected chi connectivity index (χ0v) is 8.85. The number of H-pyrrole nitrogens is 1. The van der Waals surface area contributed by atoms with E-state index in [1.54, 1.807) is 12.4 Å². The molecule has 0 aliphatic rings. The van der Waals surface area contributed by atoms with Gasteiger partial charge in [-0.15, -0.1) is 0 Å². The van der Waals surface area contributed by atoms with E-state index in [4.69, 9.17) is 5.73 Å². The van der Waals surface area contributed by atoms with E-state index in [0.29, 0.717) is 11.6 Å². The first-order valence-corrected chi connectivity index (χ1v) is 5.14. The maximum Gasteiger partial charge on any atom is 0.146 e. The highest BCUT2D eigenvalue weighted by Gasteiger charge is 1.96. The average Bonchev–Trinajstić information content (AvgIpc) is 2.77. The molecule has 0 radical (unpaired) electrons. The monoisotopic (exact) mass is 218 g/mol. The molecular weight excluding hydrogens is 204 g/mol. The summed E-state index contributed by atoms with van der Waals surface area (Å²) in [5.74, 6) is 2.14. The lowest BCUT2D eigenvalue weighted by atomic mass is 10.3. The molecule has 6 nitrogen and oxygen atoms in total. The highest BCUT2D eigenvalue weighted by molar-refractivity contribution is 5.38. The van der Waals surface area contributed by atoms with Gasteiger partial charge in [0.2, 0.25) is 0 Å². The third-order valence-corrected chi connectivity index (χ3v) is 2.10. The van der Waals surface area contributed by atoms with E-state index in [1.807, 2.05) is 6.20 Å². The van der Waals surface area contributed by atoms with Crippen molar-refractivity contribution < 1.29 is 0 Å². The molecule has 0 saturated heterocycles. The Morgan fingerprint density at radius 2 is 2.31 bits per heavy atom. The molecule has 0 amide bonds. The minimum Gasteiger partial charge on any atom is -0.382 e. The van der Waals surface area contributed by atoms with Crippen LogP contribution in [-0.4, -0.2) is 26.5 Å². The fraction of sp³-hybridized carbons (Fsp3) is 0.300. The summed E-state index contributed by atoms with van der Waals surface area (Å²) in [7, 11) is 0. The number of nitrogens with zero attached hydrogens (tertiary/aromatic N) is 3. The number of rotatable bonds is 5. The normalized spacial score (nSPS) is 10.2. The first-order chi connectivity index (χ1) is 7.84. The maximum atomic E-state index is 5.51. The van der Waals surface area contributed by atoms with Crippen molar-refractivity contribution in [2.45, 2.75) is 12.8 Å². The molecule has 0 fully saturated rings. The van der Waals surface area contributed by atoms with Gasteiger partial charge in [0.25, 0.3) is 0 Å². The number of imidazole rings is 1. The van der Waals surface area contributed by atoms with Crippen molar-refractivity contribution in [3.63, 3.8) is 0 Å². The van der Waals surface area contributed by atoms with Crippen LogP contribution in [0.4, 0.5) is 11.6 Å². The number of aromatic amines is 1. The van der Waals surface area contributed by atoms with Gasteiger partial charge in [0.05, 0.1) is 12.4 Å². The summed E-state index contributed by atoms with van der Waals surface area (Å²) in [5.41, 5.74) is 5.51. The summed E-state index contributed by atoms with van der Waals surface area (Å²) >= 11 is 0. The van der Waals surface area contributed by atoms with E-state index in [9.17, 15) is 0 Å². The molecule has 0 atom stereocenters. The molecule has 0 saturated carbocycles. The molecule has 0 aliphatic heterocycles. The maximum absolute atomic E-state index is 5.51. The predicted octanol–water partition coefficient (Wildman–Crippen LogP) is 0.827. The van der Waals surface area contributed by atoms with E-state index in [1.165, 1.54) is 6.20 Å². The summed E-state index contributed by atoms with van der Waals surface area (Å²) in [5, 5.41) is 3.15. The van der Waals surface area contributed by atoms with Crippen LogP contribution in [-0.2, 0) is 6.42 Å². The molecule has 0 aliphatic carbocycles. The van der Waals surface area contributed by atoms with Crippen LogP contribution < -0.4 is 11.1 Å². The second kappa shape index (κ2) is 5.11. The van der Waals surface area contributed by atoms with E-state index in [-0.39, 0.29) is 0 Å². The Kier molecular flexibility index (Phi) is 3.32. The summed E-state index contributed by atoms with van der Waals surface area (Å²) in [6.07, 6.45) is 8.65. The molecule has 2 aromatic rings. The smallest absolute Gasteiger partial charge is 0.146 e. The Balaban J connectivity index is 1.72. The largest absolute Gasteiger partial charge is 0.382 e. The SMILES string of the molecule is Nc1cncc(NCCCc2ncc[nH]2)n1. The molecule has 0 aromatic carbocycles. The molecule has 6 heteroatoms. The fourth-order valence-electron chi connectivity index (χ4n) is 1.37. The molecule has 2 heterocycles. The zero-order valence-electron chi connectivity index (χ0n) is 8.85. The van der Waals surface area contributed by atoms with E-state index in [0.717, 1.165) is 25.2 Å². The van der Waals surface area contributed by atoms with Crippen molar-refractivity contribution in [2.24, 2.45) is 0 Å². The minimum atomic E-state index is 0.427. The topological polar surface area (TPSA) is 92.5 Å². The minimum absolute atomic E-state index is 0.427. The number of nitrogens with two attached hydrogens (primary N) is 1. The first kappa shape index (κ1) is 10.4. The number of nitrogen functional groups attached to an aromatic ring is 1. The van der Waals surface area contributed by atoms with Crippen LogP contribution in [0.3, 0.4) is 0 Å². The summed E-state index contributed by atoms with van der Waals surface area (Å²) in [6, 6.07) is 0. The van der Waals surface area contributed by atoms with Crippen LogP contribution in [0.25, 0.3) is 0 Å². The van der Waals surface area contributed by atoms with Gasteiger partial charge in [-0.2, -0.15) is 0 Å².